The standard InChI is InChI=1S/C43H42N2O2S/c1-26-14-19-35-33(23-26)43(31-18-16-28(25-36(31)46-35)34-11-4-6-21-44-34)32-17-15-27(24-37(32)47-42(2)20-5-3-13-39(42)43)29-9-7-12-38-40(29)30-10-8-22-45-41(30)48-38/h7-19,21,24,26,28,32,37,45H,3-6,20,22-23,25H2,1-2H3. The van der Waals surface area contributed by atoms with Gasteiger partial charge >= 0.3 is 0 Å². The normalized spacial score (nSPS) is 34.4. The van der Waals surface area contributed by atoms with E-state index in [2.05, 4.69) is 110 Å². The Morgan fingerprint density at radius 3 is 2.88 bits per heavy atom. The first kappa shape index (κ1) is 29.0. The molecule has 5 heteroatoms. The van der Waals surface area contributed by atoms with E-state index in [-0.39, 0.29) is 29.0 Å². The van der Waals surface area contributed by atoms with Crippen molar-refractivity contribution in [3.63, 3.8) is 0 Å². The molecule has 1 aromatic heterocycles. The Balaban J connectivity index is 1.16. The number of fused-ring (bicyclic) bond motifs is 9. The SMILES string of the molecule is CC1C=CC2=C(C1)C1(C3=CCCCC3(C)OC3C=C(c4cccc5sc6c(c45)C=CCN6)C=CC31)C1=C(CC(C3=CCCC=N3)C=C1)O2. The number of allylic oxidation sites excluding steroid dienone is 11. The summed E-state index contributed by atoms with van der Waals surface area (Å²) in [6.07, 6.45) is 35.5. The van der Waals surface area contributed by atoms with Crippen LogP contribution in [0.15, 0.2) is 118 Å². The summed E-state index contributed by atoms with van der Waals surface area (Å²) < 4.78 is 15.7. The van der Waals surface area contributed by atoms with Crippen molar-refractivity contribution in [3.05, 3.63) is 124 Å². The summed E-state index contributed by atoms with van der Waals surface area (Å²) in [7, 11) is 0. The van der Waals surface area contributed by atoms with E-state index in [9.17, 15) is 0 Å². The molecule has 2 aromatic rings. The molecule has 0 bridgehead atoms. The van der Waals surface area contributed by atoms with Crippen LogP contribution >= 0.6 is 11.3 Å². The minimum Gasteiger partial charge on any atom is -0.461 e. The van der Waals surface area contributed by atoms with Crippen molar-refractivity contribution in [1.82, 2.24) is 0 Å². The molecule has 1 saturated heterocycles. The van der Waals surface area contributed by atoms with Crippen molar-refractivity contribution in [3.8, 4) is 0 Å². The molecule has 48 heavy (non-hydrogen) atoms. The predicted molar refractivity (Wildman–Crippen MR) is 199 cm³/mol. The van der Waals surface area contributed by atoms with Crippen molar-refractivity contribution < 1.29 is 9.47 Å². The first-order chi connectivity index (χ1) is 23.5. The van der Waals surface area contributed by atoms with Gasteiger partial charge < -0.3 is 14.8 Å². The minimum absolute atomic E-state index is 0.0674. The van der Waals surface area contributed by atoms with E-state index in [1.165, 1.54) is 54.2 Å². The molecule has 6 atom stereocenters. The van der Waals surface area contributed by atoms with Crippen LogP contribution in [-0.2, 0) is 9.47 Å². The lowest BCUT2D eigenvalue weighted by Crippen LogP contribution is -2.58. The zero-order chi connectivity index (χ0) is 32.0. The minimum atomic E-state index is -0.356. The molecule has 1 fully saturated rings. The number of ether oxygens (including phenoxy) is 2. The Bertz CT molecular complexity index is 2080. The fourth-order valence-corrected chi connectivity index (χ4v) is 11.1. The molecule has 0 radical (unpaired) electrons. The number of anilines is 1. The Morgan fingerprint density at radius 1 is 1.00 bits per heavy atom. The highest BCUT2D eigenvalue weighted by molar-refractivity contribution is 7.23. The molecule has 1 spiro atoms. The largest absolute Gasteiger partial charge is 0.461 e. The van der Waals surface area contributed by atoms with Gasteiger partial charge in [0.25, 0.3) is 0 Å². The maximum atomic E-state index is 7.39. The number of nitrogens with zero attached hydrogens (tertiary/aromatic N) is 1. The monoisotopic (exact) mass is 650 g/mol. The molecule has 8 aliphatic rings. The molecule has 5 heterocycles. The van der Waals surface area contributed by atoms with Crippen LogP contribution in [0.2, 0.25) is 0 Å². The molecule has 242 valence electrons. The summed E-state index contributed by atoms with van der Waals surface area (Å²) in [6.45, 7) is 5.62. The van der Waals surface area contributed by atoms with Crippen LogP contribution < -0.4 is 5.32 Å². The summed E-state index contributed by atoms with van der Waals surface area (Å²) in [5, 5.41) is 6.22. The van der Waals surface area contributed by atoms with Gasteiger partial charge in [-0.1, -0.05) is 73.7 Å². The molecule has 0 amide bonds. The van der Waals surface area contributed by atoms with Crippen molar-refractivity contribution in [2.75, 3.05) is 11.9 Å². The zero-order valence-electron chi connectivity index (χ0n) is 27.8. The molecule has 10 rings (SSSR count). The smallest absolute Gasteiger partial charge is 0.127 e. The number of thiophene rings is 1. The van der Waals surface area contributed by atoms with Crippen LogP contribution in [0.25, 0.3) is 21.7 Å². The van der Waals surface area contributed by atoms with Crippen LogP contribution in [0, 0.1) is 23.2 Å². The second-order valence-corrected chi connectivity index (χ2v) is 16.0. The molecule has 1 aromatic carbocycles. The van der Waals surface area contributed by atoms with Gasteiger partial charge in [0.1, 0.15) is 11.5 Å². The molecular weight excluding hydrogens is 609 g/mol. The third-order valence-corrected chi connectivity index (χ3v) is 13.1. The molecule has 6 unspecified atom stereocenters. The molecule has 1 N–H and O–H groups in total. The van der Waals surface area contributed by atoms with E-state index in [1.54, 1.807) is 0 Å². The molecule has 4 aliphatic heterocycles. The molecular formula is C43H42N2O2S. The average Bonchev–Trinajstić information content (AvgIpc) is 3.50. The van der Waals surface area contributed by atoms with Crippen LogP contribution in [0.1, 0.15) is 69.9 Å². The van der Waals surface area contributed by atoms with Crippen LogP contribution in [0.5, 0.6) is 0 Å². The summed E-state index contributed by atoms with van der Waals surface area (Å²) in [5.41, 5.74) is 8.63. The van der Waals surface area contributed by atoms with Crippen LogP contribution in [0.3, 0.4) is 0 Å². The lowest BCUT2D eigenvalue weighted by molar-refractivity contribution is -0.117. The van der Waals surface area contributed by atoms with Crippen molar-refractivity contribution in [2.45, 2.75) is 70.5 Å². The number of hydrogen-bond acceptors (Lipinski definition) is 5. The van der Waals surface area contributed by atoms with E-state index in [4.69, 9.17) is 14.5 Å². The lowest BCUT2D eigenvalue weighted by atomic mass is 9.49. The van der Waals surface area contributed by atoms with Gasteiger partial charge in [0, 0.05) is 57.9 Å². The van der Waals surface area contributed by atoms with Crippen molar-refractivity contribution >= 4 is 44.3 Å². The first-order valence-corrected chi connectivity index (χ1v) is 18.8. The quantitative estimate of drug-likeness (QED) is 0.329. The third-order valence-electron chi connectivity index (χ3n) is 12.0. The van der Waals surface area contributed by atoms with Crippen molar-refractivity contribution in [1.29, 1.82) is 0 Å². The van der Waals surface area contributed by atoms with Gasteiger partial charge in [-0.15, -0.1) is 11.3 Å². The van der Waals surface area contributed by atoms with Gasteiger partial charge in [-0.2, -0.15) is 0 Å². The van der Waals surface area contributed by atoms with Crippen LogP contribution in [-0.4, -0.2) is 24.5 Å². The maximum absolute atomic E-state index is 7.39. The van der Waals surface area contributed by atoms with Gasteiger partial charge in [-0.25, -0.2) is 0 Å². The summed E-state index contributed by atoms with van der Waals surface area (Å²) >= 11 is 1.86. The van der Waals surface area contributed by atoms with Gasteiger partial charge in [-0.3, -0.25) is 4.99 Å². The summed E-state index contributed by atoms with van der Waals surface area (Å²) in [6, 6.07) is 6.78. The van der Waals surface area contributed by atoms with E-state index in [1.807, 2.05) is 11.3 Å². The second kappa shape index (κ2) is 10.8. The Labute approximate surface area is 287 Å². The number of nitrogens with one attached hydrogen (secondary N) is 1. The number of aliphatic imine (C=N–C) groups is 1. The lowest BCUT2D eigenvalue weighted by Gasteiger charge is -2.60. The highest BCUT2D eigenvalue weighted by Gasteiger charge is 2.62. The third kappa shape index (κ3) is 4.13. The predicted octanol–water partition coefficient (Wildman–Crippen LogP) is 10.6. The fourth-order valence-electron chi connectivity index (χ4n) is 9.97. The summed E-state index contributed by atoms with van der Waals surface area (Å²) in [5.74, 6) is 3.00. The van der Waals surface area contributed by atoms with Gasteiger partial charge in [0.05, 0.1) is 22.1 Å². The topological polar surface area (TPSA) is 42.8 Å². The van der Waals surface area contributed by atoms with Gasteiger partial charge in [0.2, 0.25) is 0 Å². The average molecular weight is 651 g/mol. The Morgan fingerprint density at radius 2 is 1.96 bits per heavy atom. The maximum Gasteiger partial charge on any atom is 0.127 e. The highest BCUT2D eigenvalue weighted by atomic mass is 32.1. The second-order valence-electron chi connectivity index (χ2n) is 15.0. The Kier molecular flexibility index (Phi) is 6.52. The molecule has 0 saturated carbocycles. The number of rotatable bonds is 2. The molecule has 4 nitrogen and oxygen atoms in total. The van der Waals surface area contributed by atoms with E-state index >= 15 is 0 Å². The number of benzene rings is 1. The first-order valence-electron chi connectivity index (χ1n) is 18.0. The van der Waals surface area contributed by atoms with E-state index in [0.29, 0.717) is 5.92 Å². The van der Waals surface area contributed by atoms with Crippen molar-refractivity contribution in [2.24, 2.45) is 28.2 Å². The van der Waals surface area contributed by atoms with E-state index in [0.717, 1.165) is 63.0 Å². The molecule has 4 aliphatic carbocycles. The number of hydrogen-bond donors (Lipinski definition) is 1. The van der Waals surface area contributed by atoms with Crippen LogP contribution in [0.4, 0.5) is 5.00 Å². The van der Waals surface area contributed by atoms with Gasteiger partial charge in [-0.05, 0) is 91.9 Å². The highest BCUT2D eigenvalue weighted by Crippen LogP contribution is 2.67. The fraction of sp³-hybridized carbons (Fsp3) is 0.372. The Hall–Kier alpha value is -3.93. The zero-order valence-corrected chi connectivity index (χ0v) is 28.6. The summed E-state index contributed by atoms with van der Waals surface area (Å²) in [4.78, 5) is 4.83. The van der Waals surface area contributed by atoms with E-state index < -0.39 is 0 Å². The van der Waals surface area contributed by atoms with Gasteiger partial charge in [0.15, 0.2) is 0 Å².